The van der Waals surface area contributed by atoms with E-state index in [4.69, 9.17) is 9.47 Å². The number of esters is 1. The molecule has 1 aromatic rings. The number of unbranched alkanes of at least 4 members (excludes halogenated alkanes) is 10. The lowest BCUT2D eigenvalue weighted by Crippen LogP contribution is -2.36. The molecule has 0 aliphatic heterocycles. The van der Waals surface area contributed by atoms with Gasteiger partial charge in [-0.25, -0.2) is 4.79 Å². The number of rotatable bonds is 22. The largest absolute Gasteiger partial charge is 0.462 e. The standard InChI is InChI=1S/C30H52N2O4/c1-4-32(24-22-31-30(34)36-26-25-35-29(33)27(2)3)23-18-13-11-9-7-5-6-8-10-12-15-19-28-20-16-14-17-21-28/h14,16-17,20-21,27H,4-13,15,18-19,22-26H2,1-3H3,(H,31,34). The van der Waals surface area contributed by atoms with Crippen LogP contribution in [0.25, 0.3) is 0 Å². The van der Waals surface area contributed by atoms with Crippen molar-refractivity contribution in [3.63, 3.8) is 0 Å². The second-order valence-corrected chi connectivity index (χ2v) is 9.94. The fraction of sp³-hybridized carbons (Fsp3) is 0.733. The van der Waals surface area contributed by atoms with E-state index in [0.717, 1.165) is 19.6 Å². The molecule has 0 aromatic heterocycles. The van der Waals surface area contributed by atoms with Gasteiger partial charge in [-0.1, -0.05) is 109 Å². The number of alkyl carbamates (subject to hydrolysis) is 1. The first-order valence-electron chi connectivity index (χ1n) is 14.4. The maximum absolute atomic E-state index is 11.7. The Bertz CT molecular complexity index is 666. The summed E-state index contributed by atoms with van der Waals surface area (Å²) in [7, 11) is 0. The zero-order chi connectivity index (χ0) is 26.3. The molecule has 6 nitrogen and oxygen atoms in total. The van der Waals surface area contributed by atoms with Crippen molar-refractivity contribution in [1.29, 1.82) is 0 Å². The number of nitrogens with zero attached hydrogens (tertiary/aromatic N) is 1. The van der Waals surface area contributed by atoms with Crippen LogP contribution in [0.4, 0.5) is 4.79 Å². The number of ether oxygens (including phenoxy) is 2. The molecule has 0 spiro atoms. The molecule has 0 heterocycles. The predicted molar refractivity (Wildman–Crippen MR) is 148 cm³/mol. The lowest BCUT2D eigenvalue weighted by molar-refractivity contribution is -0.148. The molecular weight excluding hydrogens is 452 g/mol. The number of carbonyl (C=O) groups excluding carboxylic acids is 2. The Morgan fingerprint density at radius 2 is 1.33 bits per heavy atom. The minimum atomic E-state index is -0.459. The Balaban J connectivity index is 1.86. The van der Waals surface area contributed by atoms with E-state index in [-0.39, 0.29) is 25.1 Å². The molecule has 1 aromatic carbocycles. The van der Waals surface area contributed by atoms with Gasteiger partial charge in [-0.05, 0) is 37.9 Å². The molecule has 1 amide bonds. The highest BCUT2D eigenvalue weighted by atomic mass is 16.6. The van der Waals surface area contributed by atoms with Gasteiger partial charge in [0.2, 0.25) is 0 Å². The van der Waals surface area contributed by atoms with Crippen LogP contribution in [0.2, 0.25) is 0 Å². The van der Waals surface area contributed by atoms with Crippen molar-refractivity contribution in [2.24, 2.45) is 5.92 Å². The summed E-state index contributed by atoms with van der Waals surface area (Å²) < 4.78 is 10.0. The molecule has 0 bridgehead atoms. The highest BCUT2D eigenvalue weighted by Crippen LogP contribution is 2.13. The van der Waals surface area contributed by atoms with Gasteiger partial charge in [0, 0.05) is 13.1 Å². The van der Waals surface area contributed by atoms with Gasteiger partial charge in [0.1, 0.15) is 13.2 Å². The third-order valence-electron chi connectivity index (χ3n) is 6.46. The average Bonchev–Trinajstić information content (AvgIpc) is 2.88. The first-order valence-corrected chi connectivity index (χ1v) is 14.4. The minimum absolute atomic E-state index is 0.0799. The van der Waals surface area contributed by atoms with Crippen LogP contribution in [0.5, 0.6) is 0 Å². The highest BCUT2D eigenvalue weighted by Gasteiger charge is 2.09. The van der Waals surface area contributed by atoms with E-state index < -0.39 is 6.09 Å². The van der Waals surface area contributed by atoms with Crippen LogP contribution in [0, 0.1) is 5.92 Å². The number of hydrogen-bond acceptors (Lipinski definition) is 5. The van der Waals surface area contributed by atoms with Crippen LogP contribution in [0.1, 0.15) is 97.0 Å². The Morgan fingerprint density at radius 1 is 0.778 bits per heavy atom. The van der Waals surface area contributed by atoms with Crippen molar-refractivity contribution < 1.29 is 19.1 Å². The summed E-state index contributed by atoms with van der Waals surface area (Å²) in [6.07, 6.45) is 15.5. The zero-order valence-corrected chi connectivity index (χ0v) is 23.3. The van der Waals surface area contributed by atoms with E-state index in [1.54, 1.807) is 13.8 Å². The first kappa shape index (κ1) is 31.9. The zero-order valence-electron chi connectivity index (χ0n) is 23.3. The number of benzene rings is 1. The topological polar surface area (TPSA) is 67.9 Å². The average molecular weight is 505 g/mol. The second kappa shape index (κ2) is 22.1. The smallest absolute Gasteiger partial charge is 0.407 e. The number of aryl methyl sites for hydroxylation is 1. The summed E-state index contributed by atoms with van der Waals surface area (Å²) in [6.45, 7) is 9.30. The molecule has 0 saturated heterocycles. The molecule has 0 fully saturated rings. The second-order valence-electron chi connectivity index (χ2n) is 9.94. The van der Waals surface area contributed by atoms with Crippen LogP contribution >= 0.6 is 0 Å². The summed E-state index contributed by atoms with van der Waals surface area (Å²) >= 11 is 0. The van der Waals surface area contributed by atoms with Gasteiger partial charge < -0.3 is 19.7 Å². The fourth-order valence-corrected chi connectivity index (χ4v) is 4.14. The van der Waals surface area contributed by atoms with Gasteiger partial charge in [0.25, 0.3) is 0 Å². The van der Waals surface area contributed by atoms with Gasteiger partial charge in [-0.15, -0.1) is 0 Å². The minimum Gasteiger partial charge on any atom is -0.462 e. The lowest BCUT2D eigenvalue weighted by Gasteiger charge is -2.20. The normalized spacial score (nSPS) is 11.1. The molecule has 0 unspecified atom stereocenters. The number of carbonyl (C=O) groups is 2. The van der Waals surface area contributed by atoms with Gasteiger partial charge in [0.15, 0.2) is 0 Å². The first-order chi connectivity index (χ1) is 17.5. The van der Waals surface area contributed by atoms with Crippen LogP contribution in [-0.2, 0) is 20.7 Å². The Morgan fingerprint density at radius 3 is 1.92 bits per heavy atom. The number of nitrogens with one attached hydrogen (secondary N) is 1. The van der Waals surface area contributed by atoms with Crippen molar-refractivity contribution in [3.05, 3.63) is 35.9 Å². The van der Waals surface area contributed by atoms with Gasteiger partial charge in [-0.3, -0.25) is 4.79 Å². The molecule has 1 N–H and O–H groups in total. The van der Waals surface area contributed by atoms with E-state index in [0.29, 0.717) is 6.54 Å². The molecule has 36 heavy (non-hydrogen) atoms. The third kappa shape index (κ3) is 18.2. The summed E-state index contributed by atoms with van der Waals surface area (Å²) in [6, 6.07) is 10.8. The van der Waals surface area contributed by atoms with E-state index in [1.165, 1.54) is 82.6 Å². The Hall–Kier alpha value is -2.08. The maximum atomic E-state index is 11.7. The van der Waals surface area contributed by atoms with Crippen molar-refractivity contribution in [1.82, 2.24) is 10.2 Å². The lowest BCUT2D eigenvalue weighted by atomic mass is 10.0. The van der Waals surface area contributed by atoms with Crippen molar-refractivity contribution in [2.45, 2.75) is 97.8 Å². The number of hydrogen-bond donors (Lipinski definition) is 1. The van der Waals surface area contributed by atoms with E-state index in [2.05, 4.69) is 47.5 Å². The quantitative estimate of drug-likeness (QED) is 0.139. The molecule has 6 heteroatoms. The molecule has 0 aliphatic rings. The van der Waals surface area contributed by atoms with Crippen LogP contribution < -0.4 is 5.32 Å². The number of likely N-dealkylation sites (N-methyl/N-ethyl adjacent to an activating group) is 1. The summed E-state index contributed by atoms with van der Waals surface area (Å²) in [5.41, 5.74) is 1.47. The molecule has 0 saturated carbocycles. The molecule has 0 aliphatic carbocycles. The Labute approximate surface area is 220 Å². The molecule has 0 radical (unpaired) electrons. The maximum Gasteiger partial charge on any atom is 0.407 e. The summed E-state index contributed by atoms with van der Waals surface area (Å²) in [4.78, 5) is 25.4. The van der Waals surface area contributed by atoms with E-state index in [9.17, 15) is 9.59 Å². The fourth-order valence-electron chi connectivity index (χ4n) is 4.14. The number of amides is 1. The van der Waals surface area contributed by atoms with Crippen LogP contribution in [0.3, 0.4) is 0 Å². The molecule has 206 valence electrons. The Kier molecular flexibility index (Phi) is 19.7. The van der Waals surface area contributed by atoms with E-state index in [1.807, 2.05) is 0 Å². The van der Waals surface area contributed by atoms with Crippen LogP contribution in [0.15, 0.2) is 30.3 Å². The summed E-state index contributed by atoms with van der Waals surface area (Å²) in [5.74, 6) is -0.451. The van der Waals surface area contributed by atoms with Gasteiger partial charge in [-0.2, -0.15) is 0 Å². The van der Waals surface area contributed by atoms with Gasteiger partial charge in [0.05, 0.1) is 5.92 Å². The molecule has 0 atom stereocenters. The highest BCUT2D eigenvalue weighted by molar-refractivity contribution is 5.71. The predicted octanol–water partition coefficient (Wildman–Crippen LogP) is 6.77. The monoisotopic (exact) mass is 504 g/mol. The SMILES string of the molecule is CCN(CCCCCCCCCCCCCc1ccccc1)CCNC(=O)OCCOC(=O)C(C)C. The summed E-state index contributed by atoms with van der Waals surface area (Å²) in [5, 5.41) is 2.77. The van der Waals surface area contributed by atoms with Gasteiger partial charge >= 0.3 is 12.1 Å². The van der Waals surface area contributed by atoms with Crippen LogP contribution in [-0.4, -0.2) is 56.4 Å². The molecular formula is C30H52N2O4. The third-order valence-corrected chi connectivity index (χ3v) is 6.46. The van der Waals surface area contributed by atoms with Crippen molar-refractivity contribution in [3.8, 4) is 0 Å². The van der Waals surface area contributed by atoms with Crippen molar-refractivity contribution in [2.75, 3.05) is 39.4 Å². The van der Waals surface area contributed by atoms with Crippen molar-refractivity contribution >= 4 is 12.1 Å². The molecule has 1 rings (SSSR count). The van der Waals surface area contributed by atoms with E-state index >= 15 is 0 Å².